The highest BCUT2D eigenvalue weighted by molar-refractivity contribution is 6.71. The molecule has 0 spiro atoms. The van der Waals surface area contributed by atoms with Gasteiger partial charge in [0.2, 0.25) is 0 Å². The SMILES string of the molecule is Bc1c(B)c(B)c2c(-c3ccc4oc5c6ccccc6ccc5c4c3)c3c(B)c(B)c(B)c(B)c3c(-c3cccc(-c4cccc5c4C(C)(C)c4ccccc4-5)c3)c2c1B. The van der Waals surface area contributed by atoms with E-state index >= 15 is 0 Å². The summed E-state index contributed by atoms with van der Waals surface area (Å²) in [5.74, 6) is 0. The van der Waals surface area contributed by atoms with E-state index in [1.165, 1.54) is 126 Å². The number of hydrogen-bond donors (Lipinski definition) is 0. The van der Waals surface area contributed by atoms with E-state index in [1.807, 2.05) is 0 Å². The van der Waals surface area contributed by atoms with Crippen molar-refractivity contribution in [3.8, 4) is 44.5 Å². The average Bonchev–Trinajstić information content (AvgIpc) is 3.77. The Morgan fingerprint density at radius 2 is 0.933 bits per heavy atom. The van der Waals surface area contributed by atoms with Crippen molar-refractivity contribution in [1.82, 2.24) is 0 Å². The third-order valence-corrected chi connectivity index (χ3v) is 15.1. The normalized spacial score (nSPS) is 13.2. The highest BCUT2D eigenvalue weighted by Crippen LogP contribution is 2.52. The molecule has 60 heavy (non-hydrogen) atoms. The number of fused-ring (bicyclic) bond motifs is 10. The van der Waals surface area contributed by atoms with Gasteiger partial charge in [0.15, 0.2) is 0 Å². The van der Waals surface area contributed by atoms with Crippen LogP contribution in [0.4, 0.5) is 0 Å². The molecule has 0 saturated heterocycles. The molecule has 0 N–H and O–H groups in total. The van der Waals surface area contributed by atoms with Crippen LogP contribution in [0.2, 0.25) is 0 Å². The Morgan fingerprint density at radius 3 is 1.60 bits per heavy atom. The summed E-state index contributed by atoms with van der Waals surface area (Å²) in [7, 11) is 18.7. The fourth-order valence-electron chi connectivity index (χ4n) is 11.3. The molecule has 1 aromatic heterocycles. The Bertz CT molecular complexity index is 3480. The van der Waals surface area contributed by atoms with Gasteiger partial charge in [-0.15, -0.1) is 21.9 Å². The summed E-state index contributed by atoms with van der Waals surface area (Å²) in [6, 6.07) is 45.3. The maximum Gasteiger partial charge on any atom is 0.143 e. The van der Waals surface area contributed by atoms with Gasteiger partial charge in [0, 0.05) is 21.6 Å². The van der Waals surface area contributed by atoms with E-state index < -0.39 is 0 Å². The molecule has 0 unspecified atom stereocenters. The first-order valence-corrected chi connectivity index (χ1v) is 21.5. The summed E-state index contributed by atoms with van der Waals surface area (Å²) < 4.78 is 6.67. The lowest BCUT2D eigenvalue weighted by Gasteiger charge is -2.28. The monoisotopic (exact) mass is 758 g/mol. The molecule has 1 nitrogen and oxygen atoms in total. The van der Waals surface area contributed by atoms with E-state index in [1.54, 1.807) is 0 Å². The molecule has 0 fully saturated rings. The van der Waals surface area contributed by atoms with Crippen molar-refractivity contribution in [2.24, 2.45) is 0 Å². The second-order valence-electron chi connectivity index (χ2n) is 18.2. The molecule has 1 aliphatic rings. The molecule has 0 aliphatic heterocycles. The van der Waals surface area contributed by atoms with Gasteiger partial charge in [0.1, 0.15) is 73.9 Å². The quantitative estimate of drug-likeness (QED) is 0.189. The van der Waals surface area contributed by atoms with Crippen LogP contribution in [0.5, 0.6) is 0 Å². The van der Waals surface area contributed by atoms with Gasteiger partial charge in [-0.25, -0.2) is 0 Å². The van der Waals surface area contributed by atoms with E-state index in [2.05, 4.69) is 198 Å². The van der Waals surface area contributed by atoms with Crippen LogP contribution in [0.15, 0.2) is 126 Å². The molecular formula is C51H42B8O. The average molecular weight is 757 g/mol. The predicted octanol–water partition coefficient (Wildman–Crippen LogP) is 0.420. The molecular weight excluding hydrogens is 715 g/mol. The molecule has 9 heteroatoms. The van der Waals surface area contributed by atoms with Gasteiger partial charge in [0.25, 0.3) is 0 Å². The van der Waals surface area contributed by atoms with Crippen LogP contribution >= 0.6 is 0 Å². The van der Waals surface area contributed by atoms with Gasteiger partial charge < -0.3 is 4.42 Å². The van der Waals surface area contributed by atoms with Crippen molar-refractivity contribution in [1.29, 1.82) is 0 Å². The van der Waals surface area contributed by atoms with Gasteiger partial charge >= 0.3 is 0 Å². The summed E-state index contributed by atoms with van der Waals surface area (Å²) in [6.07, 6.45) is 0. The summed E-state index contributed by atoms with van der Waals surface area (Å²) in [4.78, 5) is 0. The lowest BCUT2D eigenvalue weighted by Crippen LogP contribution is -2.50. The Labute approximate surface area is 359 Å². The zero-order chi connectivity index (χ0) is 41.5. The summed E-state index contributed by atoms with van der Waals surface area (Å²) >= 11 is 0. The van der Waals surface area contributed by atoms with Crippen LogP contribution < -0.4 is 43.7 Å². The van der Waals surface area contributed by atoms with Crippen molar-refractivity contribution in [2.45, 2.75) is 19.3 Å². The zero-order valence-corrected chi connectivity index (χ0v) is 36.5. The number of hydrogen-bond acceptors (Lipinski definition) is 1. The molecule has 11 rings (SSSR count). The summed E-state index contributed by atoms with van der Waals surface area (Å²) in [6.45, 7) is 4.79. The number of rotatable bonds is 3. The van der Waals surface area contributed by atoms with Crippen LogP contribution in [0.3, 0.4) is 0 Å². The lowest BCUT2D eigenvalue weighted by atomic mass is 9.59. The zero-order valence-electron chi connectivity index (χ0n) is 36.5. The van der Waals surface area contributed by atoms with E-state index in [9.17, 15) is 0 Å². The van der Waals surface area contributed by atoms with Gasteiger partial charge in [-0.2, -0.15) is 0 Å². The first kappa shape index (κ1) is 37.1. The Kier molecular flexibility index (Phi) is 8.06. The molecule has 10 aromatic rings. The van der Waals surface area contributed by atoms with E-state index in [0.29, 0.717) is 0 Å². The smallest absolute Gasteiger partial charge is 0.143 e. The van der Waals surface area contributed by atoms with Crippen molar-refractivity contribution < 1.29 is 4.42 Å². The Morgan fingerprint density at radius 1 is 0.400 bits per heavy atom. The molecule has 0 saturated carbocycles. The largest absolute Gasteiger partial charge is 0.455 e. The predicted molar refractivity (Wildman–Crippen MR) is 286 cm³/mol. The molecule has 9 aromatic carbocycles. The molecule has 0 bridgehead atoms. The molecule has 1 heterocycles. The van der Waals surface area contributed by atoms with Gasteiger partial charge in [0.05, 0.1) is 0 Å². The highest BCUT2D eigenvalue weighted by Gasteiger charge is 2.37. The van der Waals surface area contributed by atoms with Crippen molar-refractivity contribution in [2.75, 3.05) is 0 Å². The van der Waals surface area contributed by atoms with Crippen molar-refractivity contribution in [3.63, 3.8) is 0 Å². The van der Waals surface area contributed by atoms with E-state index in [4.69, 9.17) is 4.42 Å². The Hall–Kier alpha value is -5.92. The minimum Gasteiger partial charge on any atom is -0.455 e. The number of benzene rings is 9. The van der Waals surface area contributed by atoms with Crippen molar-refractivity contribution >= 4 is 161 Å². The Balaban J connectivity index is 1.26. The molecule has 1 aliphatic carbocycles. The second kappa shape index (κ2) is 13.0. The van der Waals surface area contributed by atoms with Gasteiger partial charge in [-0.05, 0) is 107 Å². The molecule has 276 valence electrons. The second-order valence-corrected chi connectivity index (χ2v) is 18.2. The first-order chi connectivity index (χ1) is 28.9. The fourth-order valence-corrected chi connectivity index (χ4v) is 11.3. The molecule has 0 amide bonds. The summed E-state index contributed by atoms with van der Waals surface area (Å²) in [5.41, 5.74) is 25.9. The van der Waals surface area contributed by atoms with Crippen LogP contribution in [-0.2, 0) is 5.41 Å². The maximum atomic E-state index is 6.67. The van der Waals surface area contributed by atoms with E-state index in [-0.39, 0.29) is 5.41 Å². The third-order valence-electron chi connectivity index (χ3n) is 15.1. The van der Waals surface area contributed by atoms with Gasteiger partial charge in [-0.1, -0.05) is 133 Å². The topological polar surface area (TPSA) is 13.1 Å². The number of furan rings is 1. The lowest BCUT2D eigenvalue weighted by molar-refractivity contribution is 0.662. The van der Waals surface area contributed by atoms with Gasteiger partial charge in [-0.3, -0.25) is 0 Å². The van der Waals surface area contributed by atoms with Crippen LogP contribution in [0.25, 0.3) is 98.8 Å². The minimum absolute atomic E-state index is 0.112. The van der Waals surface area contributed by atoms with Crippen LogP contribution in [0.1, 0.15) is 25.0 Å². The maximum absolute atomic E-state index is 6.67. The van der Waals surface area contributed by atoms with E-state index in [0.717, 1.165) is 27.3 Å². The van der Waals surface area contributed by atoms with Crippen LogP contribution in [-0.4, -0.2) is 62.8 Å². The first-order valence-electron chi connectivity index (χ1n) is 21.5. The van der Waals surface area contributed by atoms with Crippen LogP contribution in [0, 0.1) is 0 Å². The molecule has 0 radical (unpaired) electrons. The standard InChI is InChI=1S/C51H42B8O/c1-51(2)33-16-6-5-13-29(33)30-15-8-14-27(41(30)51)24-10-7-11-25(21-24)35-37-39(44(54)48(58)46(56)42(37)52)36(40-38(35)43(53)47(57)49(59)45(40)55)26-18-20-34-32(22-26)31-19-17-23-9-3-4-12-28(23)50(31)60-34/h3-22H,52-59H2,1-2H3. The fraction of sp³-hybridized carbons (Fsp3) is 0.0588. The summed E-state index contributed by atoms with van der Waals surface area (Å²) in [5, 5.41) is 10.1. The van der Waals surface area contributed by atoms with Crippen molar-refractivity contribution in [3.05, 3.63) is 132 Å². The third kappa shape index (κ3) is 4.93. The highest BCUT2D eigenvalue weighted by atomic mass is 16.3. The molecule has 0 atom stereocenters. The minimum atomic E-state index is -0.112.